The molecule has 0 bridgehead atoms. The molecule has 1 aromatic heterocycles. The molecule has 1 rings (SSSR count). The van der Waals surface area contributed by atoms with Crippen molar-refractivity contribution in [3.05, 3.63) is 23.7 Å². The zero-order valence-electron chi connectivity index (χ0n) is 11.3. The lowest BCUT2D eigenvalue weighted by atomic mass is 10.2. The summed E-state index contributed by atoms with van der Waals surface area (Å²) in [6, 6.07) is 4.09. The highest BCUT2D eigenvalue weighted by Crippen LogP contribution is 2.20. The Bertz CT molecular complexity index is 323. The van der Waals surface area contributed by atoms with Crippen LogP contribution in [-0.4, -0.2) is 37.7 Å². The van der Waals surface area contributed by atoms with Crippen molar-refractivity contribution in [2.24, 2.45) is 5.73 Å². The Hall–Kier alpha value is -0.840. The van der Waals surface area contributed by atoms with Crippen molar-refractivity contribution in [2.75, 3.05) is 26.7 Å². The van der Waals surface area contributed by atoms with E-state index in [0.717, 1.165) is 18.1 Å². The van der Waals surface area contributed by atoms with Crippen LogP contribution in [0.4, 0.5) is 0 Å². The lowest BCUT2D eigenvalue weighted by molar-refractivity contribution is 0.0543. The Morgan fingerprint density at radius 3 is 2.59 bits per heavy atom. The van der Waals surface area contributed by atoms with Crippen LogP contribution in [0, 0.1) is 6.92 Å². The average molecular weight is 240 g/mol. The summed E-state index contributed by atoms with van der Waals surface area (Å²) in [6.07, 6.45) is 0.269. The topological polar surface area (TPSA) is 51.6 Å². The standard InChI is InChI=1S/C13H24N2O2/c1-10(2)16-8-7-15(4)12(9-14)13-6-5-11(3)17-13/h5-6,10,12H,7-9,14H2,1-4H3. The maximum absolute atomic E-state index is 5.80. The molecule has 17 heavy (non-hydrogen) atoms. The smallest absolute Gasteiger partial charge is 0.122 e. The van der Waals surface area contributed by atoms with Gasteiger partial charge in [0.15, 0.2) is 0 Å². The summed E-state index contributed by atoms with van der Waals surface area (Å²) in [4.78, 5) is 2.17. The molecule has 1 aromatic rings. The van der Waals surface area contributed by atoms with Crippen molar-refractivity contribution in [3.8, 4) is 0 Å². The lowest BCUT2D eigenvalue weighted by Gasteiger charge is -2.25. The van der Waals surface area contributed by atoms with Gasteiger partial charge in [-0.15, -0.1) is 0 Å². The number of ether oxygens (including phenoxy) is 1. The summed E-state index contributed by atoms with van der Waals surface area (Å²) in [5.74, 6) is 1.85. The van der Waals surface area contributed by atoms with Gasteiger partial charge in [0.1, 0.15) is 11.5 Å². The van der Waals surface area contributed by atoms with E-state index in [9.17, 15) is 0 Å². The summed E-state index contributed by atoms with van der Waals surface area (Å²) < 4.78 is 11.2. The van der Waals surface area contributed by atoms with Crippen LogP contribution in [0.1, 0.15) is 31.4 Å². The Kier molecular flexibility index (Phi) is 5.68. The molecule has 1 unspecified atom stereocenters. The number of nitrogens with zero attached hydrogens (tertiary/aromatic N) is 1. The molecular formula is C13H24N2O2. The summed E-state index contributed by atoms with van der Waals surface area (Å²) in [7, 11) is 2.04. The van der Waals surface area contributed by atoms with Gasteiger partial charge in [-0.25, -0.2) is 0 Å². The van der Waals surface area contributed by atoms with E-state index in [1.54, 1.807) is 0 Å². The van der Waals surface area contributed by atoms with Gasteiger partial charge in [0.05, 0.1) is 18.8 Å². The van der Waals surface area contributed by atoms with Gasteiger partial charge in [0, 0.05) is 13.1 Å². The van der Waals surface area contributed by atoms with E-state index in [2.05, 4.69) is 4.90 Å². The number of nitrogens with two attached hydrogens (primary N) is 1. The third kappa shape index (κ3) is 4.50. The minimum atomic E-state index is 0.125. The van der Waals surface area contributed by atoms with Crippen molar-refractivity contribution in [1.82, 2.24) is 4.90 Å². The second-order valence-electron chi connectivity index (χ2n) is 4.60. The molecule has 4 nitrogen and oxygen atoms in total. The van der Waals surface area contributed by atoms with Crippen LogP contribution in [0.15, 0.2) is 16.5 Å². The first-order chi connectivity index (χ1) is 8.04. The molecule has 0 aliphatic rings. The SMILES string of the molecule is Cc1ccc(C(CN)N(C)CCOC(C)C)o1. The van der Waals surface area contributed by atoms with E-state index in [0.29, 0.717) is 13.2 Å². The zero-order chi connectivity index (χ0) is 12.8. The predicted molar refractivity (Wildman–Crippen MR) is 69.0 cm³/mol. The van der Waals surface area contributed by atoms with E-state index in [-0.39, 0.29) is 12.1 Å². The molecule has 2 N–H and O–H groups in total. The molecule has 0 spiro atoms. The first kappa shape index (κ1) is 14.2. The third-order valence-corrected chi connectivity index (χ3v) is 2.74. The van der Waals surface area contributed by atoms with Crippen molar-refractivity contribution < 1.29 is 9.15 Å². The van der Waals surface area contributed by atoms with Gasteiger partial charge >= 0.3 is 0 Å². The number of aryl methyl sites for hydroxylation is 1. The van der Waals surface area contributed by atoms with Gasteiger partial charge in [-0.1, -0.05) is 0 Å². The molecule has 0 saturated carbocycles. The van der Waals surface area contributed by atoms with Crippen LogP contribution < -0.4 is 5.73 Å². The molecule has 0 radical (unpaired) electrons. The molecule has 0 saturated heterocycles. The van der Waals surface area contributed by atoms with Gasteiger partial charge in [-0.3, -0.25) is 4.90 Å². The minimum Gasteiger partial charge on any atom is -0.465 e. The lowest BCUT2D eigenvalue weighted by Crippen LogP contribution is -2.33. The average Bonchev–Trinajstić information content (AvgIpc) is 2.65. The third-order valence-electron chi connectivity index (χ3n) is 2.74. The van der Waals surface area contributed by atoms with Gasteiger partial charge < -0.3 is 14.9 Å². The Morgan fingerprint density at radius 1 is 1.41 bits per heavy atom. The van der Waals surface area contributed by atoms with Crippen LogP contribution in [0.25, 0.3) is 0 Å². The van der Waals surface area contributed by atoms with Gasteiger partial charge in [0.25, 0.3) is 0 Å². The highest BCUT2D eigenvalue weighted by Gasteiger charge is 2.18. The van der Waals surface area contributed by atoms with Crippen LogP contribution in [0.2, 0.25) is 0 Å². The van der Waals surface area contributed by atoms with Crippen molar-refractivity contribution in [3.63, 3.8) is 0 Å². The largest absolute Gasteiger partial charge is 0.465 e. The monoisotopic (exact) mass is 240 g/mol. The van der Waals surface area contributed by atoms with Crippen LogP contribution in [0.5, 0.6) is 0 Å². The highest BCUT2D eigenvalue weighted by molar-refractivity contribution is 5.10. The second kappa shape index (κ2) is 6.79. The maximum Gasteiger partial charge on any atom is 0.122 e. The summed E-state index contributed by atoms with van der Waals surface area (Å²) in [5, 5.41) is 0. The summed E-state index contributed by atoms with van der Waals surface area (Å²) in [5.41, 5.74) is 5.80. The summed E-state index contributed by atoms with van der Waals surface area (Å²) >= 11 is 0. The number of furan rings is 1. The van der Waals surface area contributed by atoms with Crippen molar-refractivity contribution >= 4 is 0 Å². The van der Waals surface area contributed by atoms with Crippen LogP contribution >= 0.6 is 0 Å². The normalized spacial score (nSPS) is 13.6. The summed E-state index contributed by atoms with van der Waals surface area (Å²) in [6.45, 7) is 8.13. The first-order valence-corrected chi connectivity index (χ1v) is 6.12. The molecule has 1 heterocycles. The molecule has 0 aliphatic heterocycles. The van der Waals surface area contributed by atoms with Gasteiger partial charge in [-0.2, -0.15) is 0 Å². The second-order valence-corrected chi connectivity index (χ2v) is 4.60. The fourth-order valence-electron chi connectivity index (χ4n) is 1.73. The quantitative estimate of drug-likeness (QED) is 0.791. The Morgan fingerprint density at radius 2 is 2.12 bits per heavy atom. The number of likely N-dealkylation sites (N-methyl/N-ethyl adjacent to an activating group) is 1. The fourth-order valence-corrected chi connectivity index (χ4v) is 1.73. The number of rotatable bonds is 7. The maximum atomic E-state index is 5.80. The van der Waals surface area contributed by atoms with E-state index in [4.69, 9.17) is 14.9 Å². The van der Waals surface area contributed by atoms with E-state index >= 15 is 0 Å². The minimum absolute atomic E-state index is 0.125. The molecule has 4 heteroatoms. The molecule has 0 fully saturated rings. The van der Waals surface area contributed by atoms with Crippen molar-refractivity contribution in [1.29, 1.82) is 0 Å². The predicted octanol–water partition coefficient (Wildman–Crippen LogP) is 1.94. The highest BCUT2D eigenvalue weighted by atomic mass is 16.5. The Labute approximate surface area is 104 Å². The first-order valence-electron chi connectivity index (χ1n) is 6.12. The van der Waals surface area contributed by atoms with E-state index in [1.165, 1.54) is 0 Å². The zero-order valence-corrected chi connectivity index (χ0v) is 11.3. The van der Waals surface area contributed by atoms with Crippen molar-refractivity contribution in [2.45, 2.75) is 32.9 Å². The van der Waals surface area contributed by atoms with E-state index < -0.39 is 0 Å². The fraction of sp³-hybridized carbons (Fsp3) is 0.692. The van der Waals surface area contributed by atoms with Gasteiger partial charge in [0.2, 0.25) is 0 Å². The number of hydrogen-bond acceptors (Lipinski definition) is 4. The number of hydrogen-bond donors (Lipinski definition) is 1. The molecule has 98 valence electrons. The van der Waals surface area contributed by atoms with E-state index in [1.807, 2.05) is 40.0 Å². The molecule has 0 aliphatic carbocycles. The molecule has 1 atom stereocenters. The Balaban J connectivity index is 2.49. The molecule has 0 aromatic carbocycles. The molecular weight excluding hydrogens is 216 g/mol. The van der Waals surface area contributed by atoms with Gasteiger partial charge in [-0.05, 0) is 40.0 Å². The van der Waals surface area contributed by atoms with Crippen LogP contribution in [0.3, 0.4) is 0 Å². The molecule has 0 amide bonds. The van der Waals surface area contributed by atoms with Crippen LogP contribution in [-0.2, 0) is 4.74 Å².